The molecule has 6 nitrogen and oxygen atoms in total. The highest BCUT2D eigenvalue weighted by molar-refractivity contribution is 8.00. The number of nitrogens with one attached hydrogen (secondary N) is 2. The van der Waals surface area contributed by atoms with E-state index in [4.69, 9.17) is 0 Å². The number of anilines is 1. The molecule has 0 aliphatic rings. The maximum Gasteiger partial charge on any atom is 0.451 e. The van der Waals surface area contributed by atoms with Gasteiger partial charge in [0.15, 0.2) is 0 Å². The molecule has 0 radical (unpaired) electrons. The lowest BCUT2D eigenvalue weighted by atomic mass is 10.1. The second-order valence-electron chi connectivity index (χ2n) is 6.41. The zero-order valence-electron chi connectivity index (χ0n) is 16.0. The van der Waals surface area contributed by atoms with E-state index >= 15 is 0 Å². The number of hydrogen-bond donors (Lipinski definition) is 2. The summed E-state index contributed by atoms with van der Waals surface area (Å²) in [6.07, 6.45) is -4.72. The Morgan fingerprint density at radius 3 is 2.50 bits per heavy atom. The average Bonchev–Trinajstić information content (AvgIpc) is 2.68. The van der Waals surface area contributed by atoms with Gasteiger partial charge in [-0.05, 0) is 37.1 Å². The van der Waals surface area contributed by atoms with Gasteiger partial charge in [-0.1, -0.05) is 42.1 Å². The Kier molecular flexibility index (Phi) is 6.25. The molecule has 0 atom stereocenters. The maximum atomic E-state index is 13.1. The van der Waals surface area contributed by atoms with Gasteiger partial charge in [0.25, 0.3) is 0 Å². The first-order valence-corrected chi connectivity index (χ1v) is 9.77. The molecule has 3 aromatic rings. The first-order valence-electron chi connectivity index (χ1n) is 8.79. The smallest absolute Gasteiger partial charge is 0.307 e. The summed E-state index contributed by atoms with van der Waals surface area (Å²) in [6, 6.07) is 10.9. The summed E-state index contributed by atoms with van der Waals surface area (Å²) in [4.78, 5) is 31.3. The molecule has 0 aliphatic carbocycles. The highest BCUT2D eigenvalue weighted by Crippen LogP contribution is 2.31. The van der Waals surface area contributed by atoms with Crippen LogP contribution in [-0.4, -0.2) is 27.7 Å². The van der Waals surface area contributed by atoms with E-state index in [2.05, 4.69) is 20.6 Å². The quantitative estimate of drug-likeness (QED) is 0.459. The Balaban J connectivity index is 1.69. The molecular weight excluding hydrogens is 417 g/mol. The van der Waals surface area contributed by atoms with Crippen LogP contribution >= 0.6 is 11.8 Å². The average molecular weight is 434 g/mol. The lowest BCUT2D eigenvalue weighted by molar-refractivity contribution is -0.145. The summed E-state index contributed by atoms with van der Waals surface area (Å²) in [5.41, 5.74) is 2.52. The Labute approximate surface area is 174 Å². The number of rotatable bonds is 4. The van der Waals surface area contributed by atoms with Gasteiger partial charge in [0.2, 0.25) is 11.7 Å². The van der Waals surface area contributed by atoms with Crippen LogP contribution in [0.3, 0.4) is 0 Å². The van der Waals surface area contributed by atoms with E-state index in [1.54, 1.807) is 30.3 Å². The molecule has 0 saturated carbocycles. The number of alkyl halides is 3. The van der Waals surface area contributed by atoms with E-state index in [9.17, 15) is 22.8 Å². The third kappa shape index (κ3) is 5.07. The molecule has 0 aliphatic heterocycles. The molecule has 10 heteroatoms. The molecule has 156 valence electrons. The summed E-state index contributed by atoms with van der Waals surface area (Å²) in [5, 5.41) is 5.15. The number of benzene rings is 2. The Morgan fingerprint density at radius 1 is 1.03 bits per heavy atom. The van der Waals surface area contributed by atoms with Crippen LogP contribution in [0.5, 0.6) is 0 Å². The minimum absolute atomic E-state index is 0.0120. The highest BCUT2D eigenvalue weighted by atomic mass is 32.2. The van der Waals surface area contributed by atoms with Gasteiger partial charge in [-0.2, -0.15) is 13.2 Å². The fraction of sp³-hybridized carbons (Fsp3) is 0.200. The second kappa shape index (κ2) is 8.70. The molecule has 3 rings (SSSR count). The first-order chi connectivity index (χ1) is 14.1. The minimum atomic E-state index is -4.72. The van der Waals surface area contributed by atoms with Crippen molar-refractivity contribution >= 4 is 40.3 Å². The van der Waals surface area contributed by atoms with Crippen LogP contribution in [0, 0.1) is 13.8 Å². The third-order valence-electron chi connectivity index (χ3n) is 4.27. The molecule has 3 amide bonds. The number of aromatic nitrogens is 2. The van der Waals surface area contributed by atoms with Crippen LogP contribution < -0.4 is 10.6 Å². The van der Waals surface area contributed by atoms with Crippen molar-refractivity contribution in [2.75, 3.05) is 11.1 Å². The number of carbonyl (C=O) groups excluding carboxylic acids is 2. The lowest BCUT2D eigenvalue weighted by Gasteiger charge is -2.11. The zero-order chi connectivity index (χ0) is 21.9. The number of amides is 3. The van der Waals surface area contributed by atoms with Crippen molar-refractivity contribution in [2.45, 2.75) is 25.0 Å². The fourth-order valence-electron chi connectivity index (χ4n) is 2.62. The van der Waals surface area contributed by atoms with Crippen molar-refractivity contribution in [1.29, 1.82) is 0 Å². The predicted octanol–water partition coefficient (Wildman–Crippen LogP) is 4.71. The summed E-state index contributed by atoms with van der Waals surface area (Å²) in [7, 11) is 0. The molecule has 0 saturated heterocycles. The van der Waals surface area contributed by atoms with Gasteiger partial charge in [0.1, 0.15) is 5.03 Å². The van der Waals surface area contributed by atoms with Crippen molar-refractivity contribution in [1.82, 2.24) is 15.3 Å². The molecule has 0 bridgehead atoms. The molecule has 1 aromatic heterocycles. The van der Waals surface area contributed by atoms with Gasteiger partial charge >= 0.3 is 12.2 Å². The van der Waals surface area contributed by atoms with E-state index in [1.165, 1.54) is 6.07 Å². The Hall–Kier alpha value is -3.14. The number of halogens is 3. The third-order valence-corrected chi connectivity index (χ3v) is 5.26. The molecule has 0 spiro atoms. The van der Waals surface area contributed by atoms with Crippen LogP contribution in [0.1, 0.15) is 17.0 Å². The largest absolute Gasteiger partial charge is 0.451 e. The number of urea groups is 1. The van der Waals surface area contributed by atoms with Crippen molar-refractivity contribution < 1.29 is 22.8 Å². The SMILES string of the molecule is Cc1cccc(NC(=O)NC(=O)CSc2nc(C(F)(F)F)nc3ccccc23)c1C. The number of thioether (sulfide) groups is 1. The minimum Gasteiger partial charge on any atom is -0.307 e. The van der Waals surface area contributed by atoms with Crippen molar-refractivity contribution in [3.8, 4) is 0 Å². The number of fused-ring (bicyclic) bond motifs is 1. The molecule has 2 N–H and O–H groups in total. The van der Waals surface area contributed by atoms with Crippen molar-refractivity contribution in [2.24, 2.45) is 0 Å². The van der Waals surface area contributed by atoms with E-state index in [-0.39, 0.29) is 16.3 Å². The van der Waals surface area contributed by atoms with Gasteiger partial charge in [-0.15, -0.1) is 0 Å². The molecule has 0 fully saturated rings. The van der Waals surface area contributed by atoms with Crippen LogP contribution in [0.4, 0.5) is 23.7 Å². The van der Waals surface area contributed by atoms with Crippen LogP contribution in [0.25, 0.3) is 10.9 Å². The van der Waals surface area contributed by atoms with Crippen molar-refractivity contribution in [3.63, 3.8) is 0 Å². The van der Waals surface area contributed by atoms with Gasteiger partial charge in [-0.3, -0.25) is 10.1 Å². The summed E-state index contributed by atoms with van der Waals surface area (Å²) < 4.78 is 39.2. The van der Waals surface area contributed by atoms with Gasteiger partial charge in [0, 0.05) is 11.1 Å². The molecule has 30 heavy (non-hydrogen) atoms. The predicted molar refractivity (Wildman–Crippen MR) is 108 cm³/mol. The lowest BCUT2D eigenvalue weighted by Crippen LogP contribution is -2.35. The number of imide groups is 1. The normalized spacial score (nSPS) is 11.4. The number of nitrogens with zero attached hydrogens (tertiary/aromatic N) is 2. The van der Waals surface area contributed by atoms with Crippen molar-refractivity contribution in [3.05, 3.63) is 59.4 Å². The molecular formula is C20H17F3N4O2S. The number of hydrogen-bond acceptors (Lipinski definition) is 5. The van der Waals surface area contributed by atoms with Crippen LogP contribution in [-0.2, 0) is 11.0 Å². The standard InChI is InChI=1S/C20H17F3N4O2S/c1-11-6-5-9-14(12(11)2)25-19(29)26-16(28)10-30-17-13-7-3-4-8-15(13)24-18(27-17)20(21,22)23/h3-9H,10H2,1-2H3,(H2,25,26,28,29). The van der Waals surface area contributed by atoms with E-state index in [0.717, 1.165) is 22.9 Å². The van der Waals surface area contributed by atoms with E-state index < -0.39 is 23.9 Å². The topological polar surface area (TPSA) is 84.0 Å². The van der Waals surface area contributed by atoms with Gasteiger partial charge < -0.3 is 5.32 Å². The van der Waals surface area contributed by atoms with E-state index in [1.807, 2.05) is 19.9 Å². The van der Waals surface area contributed by atoms with Gasteiger partial charge in [-0.25, -0.2) is 14.8 Å². The fourth-order valence-corrected chi connectivity index (χ4v) is 3.44. The number of para-hydroxylation sites is 1. The Morgan fingerprint density at radius 2 is 1.77 bits per heavy atom. The highest BCUT2D eigenvalue weighted by Gasteiger charge is 2.35. The summed E-state index contributed by atoms with van der Waals surface area (Å²) >= 11 is 0.799. The van der Waals surface area contributed by atoms with Crippen LogP contribution in [0.15, 0.2) is 47.5 Å². The second-order valence-corrected chi connectivity index (χ2v) is 7.37. The van der Waals surface area contributed by atoms with Gasteiger partial charge in [0.05, 0.1) is 11.3 Å². The number of carbonyl (C=O) groups is 2. The number of aryl methyl sites for hydroxylation is 1. The maximum absolute atomic E-state index is 13.1. The summed E-state index contributed by atoms with van der Waals surface area (Å²) in [5.74, 6) is -2.24. The summed E-state index contributed by atoms with van der Waals surface area (Å²) in [6.45, 7) is 3.72. The zero-order valence-corrected chi connectivity index (χ0v) is 16.8. The Bertz CT molecular complexity index is 1120. The molecule has 0 unspecified atom stereocenters. The monoisotopic (exact) mass is 434 g/mol. The van der Waals surface area contributed by atoms with E-state index in [0.29, 0.717) is 11.1 Å². The molecule has 2 aromatic carbocycles. The molecule has 1 heterocycles. The first kappa shape index (κ1) is 21.6. The van der Waals surface area contributed by atoms with Crippen LogP contribution in [0.2, 0.25) is 0 Å².